The number of hydrogen-bond acceptors (Lipinski definition) is 2. The van der Waals surface area contributed by atoms with Crippen molar-refractivity contribution in [2.45, 2.75) is 19.8 Å². The van der Waals surface area contributed by atoms with Crippen LogP contribution in [-0.4, -0.2) is 11.0 Å². The molecule has 1 aromatic heterocycles. The monoisotopic (exact) mass is 213 g/mol. The van der Waals surface area contributed by atoms with Gasteiger partial charge in [-0.2, -0.15) is 0 Å². The molecule has 0 aromatic carbocycles. The number of alkyl halides is 2. The lowest BCUT2D eigenvalue weighted by atomic mass is 10.2. The van der Waals surface area contributed by atoms with Crippen LogP contribution in [0.25, 0.3) is 5.70 Å². The van der Waals surface area contributed by atoms with Crippen molar-refractivity contribution in [2.75, 3.05) is 5.73 Å². The molecule has 0 aliphatic heterocycles. The Balaban J connectivity index is 3.36. The summed E-state index contributed by atoms with van der Waals surface area (Å²) >= 11 is 0. The Hall–Kier alpha value is -1.65. The minimum absolute atomic E-state index is 0.0111. The number of aryl methyl sites for hydroxylation is 1. The van der Waals surface area contributed by atoms with Crippen LogP contribution in [0.5, 0.6) is 0 Å². The van der Waals surface area contributed by atoms with Crippen LogP contribution in [-0.2, 0) is 6.42 Å². The number of hydrogen-bond donors (Lipinski definition) is 2. The summed E-state index contributed by atoms with van der Waals surface area (Å²) in [5.41, 5.74) is 6.11. The van der Waals surface area contributed by atoms with Crippen molar-refractivity contribution in [1.82, 2.24) is 4.57 Å². The second-order valence-corrected chi connectivity index (χ2v) is 3.16. The molecule has 1 rings (SSSR count). The number of nitrogen functional groups attached to an aromatic ring is 1. The minimum Gasteiger partial charge on any atom is -0.398 e. The highest BCUT2D eigenvalue weighted by atomic mass is 19.3. The molecule has 0 radical (unpaired) electrons. The Bertz CT molecular complexity index is 435. The van der Waals surface area contributed by atoms with E-state index in [4.69, 9.17) is 11.1 Å². The first-order valence-corrected chi connectivity index (χ1v) is 4.50. The quantitative estimate of drug-likeness (QED) is 0.791. The molecule has 5 heteroatoms. The third-order valence-corrected chi connectivity index (χ3v) is 2.11. The van der Waals surface area contributed by atoms with E-state index in [0.717, 1.165) is 4.57 Å². The van der Waals surface area contributed by atoms with Crippen molar-refractivity contribution < 1.29 is 8.78 Å². The highest BCUT2D eigenvalue weighted by Gasteiger charge is 2.12. The second-order valence-electron chi connectivity index (χ2n) is 3.16. The SMILES string of the molecule is C=C(C(F)F)n1cc(N)cc(CC)c1=N. The molecule has 0 unspecified atom stereocenters. The summed E-state index contributed by atoms with van der Waals surface area (Å²) < 4.78 is 25.9. The number of aromatic nitrogens is 1. The number of nitrogens with zero attached hydrogens (tertiary/aromatic N) is 1. The molecule has 0 amide bonds. The van der Waals surface area contributed by atoms with E-state index in [1.54, 1.807) is 6.07 Å². The second kappa shape index (κ2) is 4.25. The molecule has 0 saturated heterocycles. The summed E-state index contributed by atoms with van der Waals surface area (Å²) in [5.74, 6) is 0. The molecular weight excluding hydrogens is 200 g/mol. The fourth-order valence-corrected chi connectivity index (χ4v) is 1.28. The van der Waals surface area contributed by atoms with Crippen LogP contribution in [0.4, 0.5) is 14.5 Å². The van der Waals surface area contributed by atoms with Gasteiger partial charge in [0.1, 0.15) is 5.49 Å². The van der Waals surface area contributed by atoms with Crippen LogP contribution < -0.4 is 11.2 Å². The smallest absolute Gasteiger partial charge is 0.278 e. The average molecular weight is 213 g/mol. The highest BCUT2D eigenvalue weighted by Crippen LogP contribution is 2.13. The minimum atomic E-state index is -2.69. The third kappa shape index (κ3) is 2.23. The maximum absolute atomic E-state index is 12.4. The van der Waals surface area contributed by atoms with Gasteiger partial charge in [0.2, 0.25) is 0 Å². The van der Waals surface area contributed by atoms with Gasteiger partial charge in [0.05, 0.1) is 5.70 Å². The summed E-state index contributed by atoms with van der Waals surface area (Å²) in [4.78, 5) is 0. The van der Waals surface area contributed by atoms with Crippen LogP contribution in [0.2, 0.25) is 0 Å². The first-order valence-electron chi connectivity index (χ1n) is 4.50. The van der Waals surface area contributed by atoms with E-state index in [1.807, 2.05) is 6.92 Å². The van der Waals surface area contributed by atoms with Gasteiger partial charge in [-0.15, -0.1) is 0 Å². The maximum Gasteiger partial charge on any atom is 0.278 e. The normalized spacial score (nSPS) is 10.7. The molecule has 82 valence electrons. The van der Waals surface area contributed by atoms with Gasteiger partial charge in [0, 0.05) is 11.9 Å². The molecule has 0 atom stereocenters. The van der Waals surface area contributed by atoms with Gasteiger partial charge in [-0.25, -0.2) is 8.78 Å². The van der Waals surface area contributed by atoms with E-state index in [-0.39, 0.29) is 5.49 Å². The molecule has 1 heterocycles. The highest BCUT2D eigenvalue weighted by molar-refractivity contribution is 5.49. The Morgan fingerprint density at radius 1 is 1.67 bits per heavy atom. The van der Waals surface area contributed by atoms with Crippen molar-refractivity contribution in [3.63, 3.8) is 0 Å². The van der Waals surface area contributed by atoms with Crippen LogP contribution in [0.3, 0.4) is 0 Å². The van der Waals surface area contributed by atoms with Gasteiger partial charge >= 0.3 is 0 Å². The molecule has 0 fully saturated rings. The van der Waals surface area contributed by atoms with E-state index >= 15 is 0 Å². The van der Waals surface area contributed by atoms with E-state index in [2.05, 4.69) is 6.58 Å². The topological polar surface area (TPSA) is 54.8 Å². The van der Waals surface area contributed by atoms with Crippen molar-refractivity contribution in [1.29, 1.82) is 5.41 Å². The Morgan fingerprint density at radius 3 is 2.73 bits per heavy atom. The lowest BCUT2D eigenvalue weighted by Gasteiger charge is -2.12. The molecule has 0 bridgehead atoms. The van der Waals surface area contributed by atoms with E-state index in [0.29, 0.717) is 17.7 Å². The van der Waals surface area contributed by atoms with Crippen molar-refractivity contribution in [2.24, 2.45) is 0 Å². The zero-order valence-corrected chi connectivity index (χ0v) is 8.43. The number of halogens is 2. The largest absolute Gasteiger partial charge is 0.398 e. The summed E-state index contributed by atoms with van der Waals surface area (Å²) in [6.45, 7) is 5.07. The fourth-order valence-electron chi connectivity index (χ4n) is 1.28. The summed E-state index contributed by atoms with van der Waals surface area (Å²) in [5, 5.41) is 7.68. The summed E-state index contributed by atoms with van der Waals surface area (Å²) in [6.07, 6.45) is -0.832. The molecule has 1 aromatic rings. The first-order chi connectivity index (χ1) is 6.97. The van der Waals surface area contributed by atoms with E-state index < -0.39 is 12.1 Å². The van der Waals surface area contributed by atoms with Crippen molar-refractivity contribution in [3.8, 4) is 0 Å². The molecule has 0 aliphatic carbocycles. The molecule has 3 N–H and O–H groups in total. The molecule has 3 nitrogen and oxygen atoms in total. The van der Waals surface area contributed by atoms with Crippen molar-refractivity contribution >= 4 is 11.4 Å². The van der Waals surface area contributed by atoms with Gasteiger partial charge in [0.15, 0.2) is 0 Å². The zero-order chi connectivity index (χ0) is 11.6. The maximum atomic E-state index is 12.4. The first kappa shape index (κ1) is 11.4. The van der Waals surface area contributed by atoms with Crippen LogP contribution in [0.15, 0.2) is 18.8 Å². The predicted molar refractivity (Wildman–Crippen MR) is 55.4 cm³/mol. The lowest BCUT2D eigenvalue weighted by molar-refractivity contribution is 0.208. The zero-order valence-electron chi connectivity index (χ0n) is 8.43. The molecule has 0 spiro atoms. The number of pyridine rings is 1. The van der Waals surface area contributed by atoms with Gasteiger partial charge in [0.25, 0.3) is 6.43 Å². The number of anilines is 1. The van der Waals surface area contributed by atoms with Gasteiger partial charge in [-0.05, 0) is 18.1 Å². The van der Waals surface area contributed by atoms with E-state index in [1.165, 1.54) is 6.20 Å². The van der Waals surface area contributed by atoms with Gasteiger partial charge in [-0.3, -0.25) is 9.98 Å². The van der Waals surface area contributed by atoms with Gasteiger partial charge < -0.3 is 5.73 Å². The van der Waals surface area contributed by atoms with E-state index in [9.17, 15) is 8.78 Å². The van der Waals surface area contributed by atoms with Crippen LogP contribution in [0, 0.1) is 5.41 Å². The number of nitrogens with two attached hydrogens (primary N) is 1. The molecule has 0 saturated carbocycles. The Morgan fingerprint density at radius 2 is 2.27 bits per heavy atom. The third-order valence-electron chi connectivity index (χ3n) is 2.11. The summed E-state index contributed by atoms with van der Waals surface area (Å²) in [7, 11) is 0. The predicted octanol–water partition coefficient (Wildman–Crippen LogP) is 1.85. The molecule has 15 heavy (non-hydrogen) atoms. The number of rotatable bonds is 3. The number of allylic oxidation sites excluding steroid dienone is 1. The van der Waals surface area contributed by atoms with Crippen molar-refractivity contribution in [3.05, 3.63) is 29.9 Å². The molecular formula is C10H13F2N3. The van der Waals surface area contributed by atoms with Gasteiger partial charge in [-0.1, -0.05) is 13.5 Å². The fraction of sp³-hybridized carbons (Fsp3) is 0.300. The lowest BCUT2D eigenvalue weighted by Crippen LogP contribution is -2.25. The van der Waals surface area contributed by atoms with Crippen LogP contribution >= 0.6 is 0 Å². The average Bonchev–Trinajstić information content (AvgIpc) is 2.19. The number of nitrogens with one attached hydrogen (secondary N) is 1. The standard InChI is InChI=1S/C10H13F2N3/c1-3-7-4-8(13)5-15(10(7)14)6(2)9(11)12/h4-5,9,14H,2-3,13H2,1H3. The molecule has 0 aliphatic rings. The Kier molecular flexibility index (Phi) is 3.24. The van der Waals surface area contributed by atoms with Crippen LogP contribution in [0.1, 0.15) is 12.5 Å². The Labute approximate surface area is 86.4 Å². The summed E-state index contributed by atoms with van der Waals surface area (Å²) in [6, 6.07) is 1.61.